The van der Waals surface area contributed by atoms with Crippen LogP contribution in [0.25, 0.3) is 0 Å². The molecule has 35 heavy (non-hydrogen) atoms. The molecule has 0 bridgehead atoms. The standard InChI is InChI=1S/C28H36N2O5/c1-34-24-15-7-6-14-23(24)25(32)30(35-26(33)29-28(21-31)18-10-11-19-28)20-27(16-8-3-9-17-27)22-12-4-2-5-13-22/h2,4-7,12-15,31H,3,8-11,16-21H2,1H3,(H,29,33). The van der Waals surface area contributed by atoms with Crippen molar-refractivity contribution in [1.29, 1.82) is 0 Å². The molecule has 2 aromatic carbocycles. The van der Waals surface area contributed by atoms with Gasteiger partial charge in [0.15, 0.2) is 0 Å². The highest BCUT2D eigenvalue weighted by molar-refractivity contribution is 5.97. The van der Waals surface area contributed by atoms with Crippen LogP contribution >= 0.6 is 0 Å². The molecule has 0 spiro atoms. The predicted octanol–water partition coefficient (Wildman–Crippen LogP) is 4.99. The summed E-state index contributed by atoms with van der Waals surface area (Å²) in [4.78, 5) is 32.6. The fourth-order valence-corrected chi connectivity index (χ4v) is 5.65. The number of hydroxylamine groups is 2. The minimum absolute atomic E-state index is 0.156. The van der Waals surface area contributed by atoms with Crippen LogP contribution in [0.15, 0.2) is 54.6 Å². The first-order chi connectivity index (χ1) is 17.0. The second-order valence-electron chi connectivity index (χ2n) is 9.90. The number of hydrogen-bond donors (Lipinski definition) is 2. The largest absolute Gasteiger partial charge is 0.496 e. The van der Waals surface area contributed by atoms with Crippen molar-refractivity contribution in [2.45, 2.75) is 68.7 Å². The molecular weight excluding hydrogens is 444 g/mol. The third-order valence-corrected chi connectivity index (χ3v) is 7.63. The Bertz CT molecular complexity index is 997. The normalized spacial score (nSPS) is 18.5. The van der Waals surface area contributed by atoms with Gasteiger partial charge in [0.1, 0.15) is 5.75 Å². The van der Waals surface area contributed by atoms with Crippen LogP contribution < -0.4 is 10.1 Å². The van der Waals surface area contributed by atoms with Gasteiger partial charge in [-0.3, -0.25) is 4.79 Å². The van der Waals surface area contributed by atoms with Crippen molar-refractivity contribution in [2.75, 3.05) is 20.3 Å². The molecule has 2 aliphatic rings. The summed E-state index contributed by atoms with van der Waals surface area (Å²) >= 11 is 0. The minimum atomic E-state index is -0.719. The van der Waals surface area contributed by atoms with Gasteiger partial charge in [0.25, 0.3) is 5.91 Å². The van der Waals surface area contributed by atoms with Gasteiger partial charge in [-0.15, -0.1) is 0 Å². The molecule has 0 heterocycles. The highest BCUT2D eigenvalue weighted by Gasteiger charge is 2.41. The summed E-state index contributed by atoms with van der Waals surface area (Å²) in [5, 5.41) is 14.0. The van der Waals surface area contributed by atoms with E-state index in [4.69, 9.17) is 9.57 Å². The van der Waals surface area contributed by atoms with Gasteiger partial charge in [0.05, 0.1) is 31.4 Å². The Hall–Kier alpha value is -3.06. The number of carbonyl (C=O) groups is 2. The fraction of sp³-hybridized carbons (Fsp3) is 0.500. The molecule has 2 aliphatic carbocycles. The van der Waals surface area contributed by atoms with Crippen LogP contribution in [0.5, 0.6) is 5.75 Å². The van der Waals surface area contributed by atoms with Crippen LogP contribution in [-0.2, 0) is 10.3 Å². The van der Waals surface area contributed by atoms with Crippen LogP contribution in [0.4, 0.5) is 4.79 Å². The number of carbonyl (C=O) groups excluding carboxylic acids is 2. The molecule has 188 valence electrons. The van der Waals surface area contributed by atoms with Gasteiger partial charge in [-0.05, 0) is 43.4 Å². The summed E-state index contributed by atoms with van der Waals surface area (Å²) in [6.07, 6.45) is 7.56. The lowest BCUT2D eigenvalue weighted by atomic mass is 9.69. The lowest BCUT2D eigenvalue weighted by Gasteiger charge is -2.41. The van der Waals surface area contributed by atoms with E-state index in [1.165, 1.54) is 12.2 Å². The monoisotopic (exact) mass is 480 g/mol. The maximum atomic E-state index is 13.8. The van der Waals surface area contributed by atoms with Gasteiger partial charge >= 0.3 is 6.09 Å². The molecule has 2 aromatic rings. The Labute approximate surface area is 207 Å². The first-order valence-electron chi connectivity index (χ1n) is 12.6. The number of rotatable bonds is 7. The molecule has 2 saturated carbocycles. The molecule has 0 saturated heterocycles. The van der Waals surface area contributed by atoms with E-state index in [0.29, 0.717) is 24.2 Å². The van der Waals surface area contributed by atoms with E-state index in [2.05, 4.69) is 17.4 Å². The highest BCUT2D eigenvalue weighted by Crippen LogP contribution is 2.41. The number of aliphatic hydroxyl groups is 1. The number of amides is 2. The molecule has 7 heteroatoms. The Morgan fingerprint density at radius 2 is 1.54 bits per heavy atom. The van der Waals surface area contributed by atoms with Gasteiger partial charge in [0.2, 0.25) is 0 Å². The van der Waals surface area contributed by atoms with E-state index in [9.17, 15) is 14.7 Å². The van der Waals surface area contributed by atoms with Gasteiger partial charge in [-0.2, -0.15) is 5.06 Å². The molecule has 0 aliphatic heterocycles. The third kappa shape index (κ3) is 5.61. The van der Waals surface area contributed by atoms with Crippen molar-refractivity contribution < 1.29 is 24.3 Å². The zero-order chi connectivity index (χ0) is 24.7. The molecule has 7 nitrogen and oxygen atoms in total. The molecule has 2 N–H and O–H groups in total. The molecular formula is C28H36N2O5. The van der Waals surface area contributed by atoms with Crippen molar-refractivity contribution in [1.82, 2.24) is 10.4 Å². The van der Waals surface area contributed by atoms with E-state index in [1.807, 2.05) is 18.2 Å². The second-order valence-corrected chi connectivity index (χ2v) is 9.90. The topological polar surface area (TPSA) is 88.1 Å². The van der Waals surface area contributed by atoms with Gasteiger partial charge in [0, 0.05) is 5.41 Å². The number of hydrogen-bond acceptors (Lipinski definition) is 5. The van der Waals surface area contributed by atoms with Crippen LogP contribution in [0, 0.1) is 0 Å². The molecule has 0 radical (unpaired) electrons. The van der Waals surface area contributed by atoms with E-state index in [-0.39, 0.29) is 18.6 Å². The predicted molar refractivity (Wildman–Crippen MR) is 133 cm³/mol. The summed E-state index contributed by atoms with van der Waals surface area (Å²) in [5.74, 6) is -0.00511. The SMILES string of the molecule is COc1ccccc1C(=O)N(CC1(c2ccccc2)CCCCC1)OC(=O)NC1(CO)CCCC1. The first-order valence-corrected chi connectivity index (χ1v) is 12.6. The number of benzene rings is 2. The van der Waals surface area contributed by atoms with Crippen molar-refractivity contribution >= 4 is 12.0 Å². The van der Waals surface area contributed by atoms with Crippen molar-refractivity contribution in [3.63, 3.8) is 0 Å². The van der Waals surface area contributed by atoms with E-state index >= 15 is 0 Å². The number of ether oxygens (including phenoxy) is 1. The summed E-state index contributed by atoms with van der Waals surface area (Å²) in [7, 11) is 1.52. The Kier molecular flexibility index (Phi) is 7.96. The summed E-state index contributed by atoms with van der Waals surface area (Å²) in [6.45, 7) is 0.0872. The number of methoxy groups -OCH3 is 1. The summed E-state index contributed by atoms with van der Waals surface area (Å²) in [6, 6.07) is 17.2. The summed E-state index contributed by atoms with van der Waals surface area (Å²) < 4.78 is 5.43. The number of nitrogens with one attached hydrogen (secondary N) is 1. The maximum Gasteiger partial charge on any atom is 0.432 e. The van der Waals surface area contributed by atoms with Crippen molar-refractivity contribution in [3.8, 4) is 5.75 Å². The smallest absolute Gasteiger partial charge is 0.432 e. The third-order valence-electron chi connectivity index (χ3n) is 7.63. The van der Waals surface area contributed by atoms with Crippen LogP contribution in [0.1, 0.15) is 73.7 Å². The van der Waals surface area contributed by atoms with Crippen molar-refractivity contribution in [3.05, 3.63) is 65.7 Å². The number of para-hydroxylation sites is 1. The quantitative estimate of drug-likeness (QED) is 0.546. The lowest BCUT2D eigenvalue weighted by Crippen LogP contribution is -2.53. The van der Waals surface area contributed by atoms with Gasteiger partial charge in [-0.1, -0.05) is 74.6 Å². The maximum absolute atomic E-state index is 13.8. The summed E-state index contributed by atoms with van der Waals surface area (Å²) in [5.41, 5.74) is 0.459. The molecule has 0 unspecified atom stereocenters. The van der Waals surface area contributed by atoms with E-state index < -0.39 is 17.5 Å². The number of aliphatic hydroxyl groups excluding tert-OH is 1. The van der Waals surface area contributed by atoms with Crippen molar-refractivity contribution in [2.24, 2.45) is 0 Å². The van der Waals surface area contributed by atoms with Crippen LogP contribution in [0.3, 0.4) is 0 Å². The number of nitrogens with zero attached hydrogens (tertiary/aromatic N) is 1. The minimum Gasteiger partial charge on any atom is -0.496 e. The zero-order valence-electron chi connectivity index (χ0n) is 20.5. The van der Waals surface area contributed by atoms with E-state index in [0.717, 1.165) is 50.5 Å². The fourth-order valence-electron chi connectivity index (χ4n) is 5.65. The second kappa shape index (κ2) is 11.1. The Morgan fingerprint density at radius 1 is 0.914 bits per heavy atom. The zero-order valence-corrected chi connectivity index (χ0v) is 20.5. The average Bonchev–Trinajstić information content (AvgIpc) is 3.37. The Balaban J connectivity index is 1.65. The lowest BCUT2D eigenvalue weighted by molar-refractivity contribution is -0.0876. The van der Waals surface area contributed by atoms with Gasteiger partial charge < -0.3 is 20.0 Å². The first kappa shape index (κ1) is 25.0. The Morgan fingerprint density at radius 3 is 2.20 bits per heavy atom. The van der Waals surface area contributed by atoms with Crippen LogP contribution in [-0.4, -0.2) is 48.0 Å². The molecule has 2 amide bonds. The van der Waals surface area contributed by atoms with E-state index in [1.54, 1.807) is 24.3 Å². The molecule has 0 atom stereocenters. The van der Waals surface area contributed by atoms with Gasteiger partial charge in [-0.25, -0.2) is 4.79 Å². The van der Waals surface area contributed by atoms with Crippen LogP contribution in [0.2, 0.25) is 0 Å². The molecule has 0 aromatic heterocycles. The molecule has 2 fully saturated rings. The molecule has 4 rings (SSSR count). The average molecular weight is 481 g/mol. The highest BCUT2D eigenvalue weighted by atomic mass is 16.7.